The number of piperidine rings is 1. The van der Waals surface area contributed by atoms with Crippen molar-refractivity contribution in [2.24, 2.45) is 5.41 Å². The van der Waals surface area contributed by atoms with Crippen molar-refractivity contribution in [3.05, 3.63) is 12.1 Å². The van der Waals surface area contributed by atoms with Gasteiger partial charge < -0.3 is 25.4 Å². The Kier molecular flexibility index (Phi) is 4.85. The third kappa shape index (κ3) is 3.56. The first-order chi connectivity index (χ1) is 12.0. The van der Waals surface area contributed by atoms with Gasteiger partial charge in [0.2, 0.25) is 5.95 Å². The molecule has 1 aromatic heterocycles. The lowest BCUT2D eigenvalue weighted by atomic mass is 9.80. The molecule has 0 unspecified atom stereocenters. The Morgan fingerprint density at radius 2 is 1.80 bits per heavy atom. The van der Waals surface area contributed by atoms with Gasteiger partial charge in [-0.3, -0.25) is 0 Å². The summed E-state index contributed by atoms with van der Waals surface area (Å²) in [6.45, 7) is 5.33. The lowest BCUT2D eigenvalue weighted by Crippen LogP contribution is -2.42. The van der Waals surface area contributed by atoms with Gasteiger partial charge in [0.15, 0.2) is 11.5 Å². The van der Waals surface area contributed by atoms with Crippen LogP contribution >= 0.6 is 0 Å². The van der Waals surface area contributed by atoms with Crippen LogP contribution in [0.4, 0.5) is 11.8 Å². The Morgan fingerprint density at radius 3 is 2.44 bits per heavy atom. The molecule has 0 amide bonds. The van der Waals surface area contributed by atoms with E-state index in [0.29, 0.717) is 23.3 Å². The summed E-state index contributed by atoms with van der Waals surface area (Å²) in [5.74, 6) is 2.33. The highest BCUT2D eigenvalue weighted by atomic mass is 16.5. The van der Waals surface area contributed by atoms with E-state index in [1.54, 1.807) is 14.2 Å². The van der Waals surface area contributed by atoms with Crippen LogP contribution < -0.4 is 25.4 Å². The molecule has 0 aliphatic carbocycles. The van der Waals surface area contributed by atoms with Gasteiger partial charge in [0.05, 0.1) is 19.7 Å². The normalized spacial score (nSPS) is 16.6. The maximum atomic E-state index is 6.19. The van der Waals surface area contributed by atoms with Crippen molar-refractivity contribution < 1.29 is 9.47 Å². The van der Waals surface area contributed by atoms with E-state index in [9.17, 15) is 0 Å². The van der Waals surface area contributed by atoms with Crippen LogP contribution in [0.2, 0.25) is 0 Å². The fourth-order valence-electron chi connectivity index (χ4n) is 3.47. The fourth-order valence-corrected chi connectivity index (χ4v) is 3.47. The molecule has 0 saturated carbocycles. The van der Waals surface area contributed by atoms with Gasteiger partial charge in [-0.2, -0.15) is 4.98 Å². The largest absolute Gasteiger partial charge is 0.493 e. The molecule has 7 nitrogen and oxygen atoms in total. The lowest BCUT2D eigenvalue weighted by Gasteiger charge is -2.37. The van der Waals surface area contributed by atoms with E-state index in [-0.39, 0.29) is 5.41 Å². The van der Waals surface area contributed by atoms with E-state index < -0.39 is 0 Å². The lowest BCUT2D eigenvalue weighted by molar-refractivity contribution is 0.236. The number of benzene rings is 1. The molecule has 0 bridgehead atoms. The first-order valence-corrected chi connectivity index (χ1v) is 8.57. The number of ether oxygens (including phenoxy) is 2. The smallest absolute Gasteiger partial charge is 0.227 e. The number of nitrogens with one attached hydrogen (secondary N) is 1. The number of rotatable bonds is 5. The Morgan fingerprint density at radius 1 is 1.16 bits per heavy atom. The number of nitrogens with zero attached hydrogens (tertiary/aromatic N) is 3. The summed E-state index contributed by atoms with van der Waals surface area (Å²) in [7, 11) is 5.23. The quantitative estimate of drug-likeness (QED) is 0.858. The van der Waals surface area contributed by atoms with Crippen LogP contribution in [-0.4, -0.2) is 50.9 Å². The maximum Gasteiger partial charge on any atom is 0.227 e. The number of methoxy groups -OCH3 is 2. The molecule has 25 heavy (non-hydrogen) atoms. The Hall–Kier alpha value is -2.28. The van der Waals surface area contributed by atoms with Crippen LogP contribution in [0.15, 0.2) is 12.1 Å². The van der Waals surface area contributed by atoms with Gasteiger partial charge in [-0.15, -0.1) is 0 Å². The highest BCUT2D eigenvalue weighted by molar-refractivity contribution is 5.91. The summed E-state index contributed by atoms with van der Waals surface area (Å²) >= 11 is 0. The Balaban J connectivity index is 1.93. The Labute approximate surface area is 148 Å². The number of hydrogen-bond donors (Lipinski definition) is 2. The first-order valence-electron chi connectivity index (χ1n) is 8.57. The highest BCUT2D eigenvalue weighted by Gasteiger charge is 2.29. The number of aromatic nitrogens is 2. The summed E-state index contributed by atoms with van der Waals surface area (Å²) in [5, 5.41) is 4.18. The summed E-state index contributed by atoms with van der Waals surface area (Å²) in [6, 6.07) is 3.66. The summed E-state index contributed by atoms with van der Waals surface area (Å²) in [6.07, 6.45) is 2.29. The third-order valence-corrected chi connectivity index (χ3v) is 4.99. The summed E-state index contributed by atoms with van der Waals surface area (Å²) in [4.78, 5) is 11.3. The zero-order valence-electron chi connectivity index (χ0n) is 15.4. The van der Waals surface area contributed by atoms with Gasteiger partial charge >= 0.3 is 0 Å². The van der Waals surface area contributed by atoms with Crippen LogP contribution in [0.1, 0.15) is 19.8 Å². The molecule has 0 radical (unpaired) electrons. The van der Waals surface area contributed by atoms with Crippen molar-refractivity contribution >= 4 is 22.7 Å². The molecular weight excluding hydrogens is 318 g/mol. The van der Waals surface area contributed by atoms with Crippen molar-refractivity contribution in [1.82, 2.24) is 15.3 Å². The van der Waals surface area contributed by atoms with Crippen LogP contribution in [0.25, 0.3) is 10.9 Å². The Bertz CT molecular complexity index is 759. The van der Waals surface area contributed by atoms with E-state index in [1.807, 2.05) is 19.2 Å². The van der Waals surface area contributed by atoms with Gasteiger partial charge in [-0.1, -0.05) is 6.92 Å². The van der Waals surface area contributed by atoms with Crippen LogP contribution in [0.3, 0.4) is 0 Å². The molecule has 3 N–H and O–H groups in total. The topological polar surface area (TPSA) is 85.5 Å². The third-order valence-electron chi connectivity index (χ3n) is 4.99. The predicted molar refractivity (Wildman–Crippen MR) is 101 cm³/mol. The zero-order valence-corrected chi connectivity index (χ0v) is 15.4. The van der Waals surface area contributed by atoms with Gasteiger partial charge in [0.1, 0.15) is 5.82 Å². The van der Waals surface area contributed by atoms with E-state index in [0.717, 1.165) is 43.4 Å². The average molecular weight is 345 g/mol. The molecule has 2 aromatic rings. The molecule has 0 spiro atoms. The molecule has 0 atom stereocenters. The number of fused-ring (bicyclic) bond motifs is 1. The number of hydrogen-bond acceptors (Lipinski definition) is 7. The molecule has 1 fully saturated rings. The second-order valence-corrected chi connectivity index (χ2v) is 7.05. The zero-order chi connectivity index (χ0) is 18.0. The molecule has 1 aromatic carbocycles. The number of anilines is 2. The molecule has 7 heteroatoms. The van der Waals surface area contributed by atoms with Gasteiger partial charge in [0.25, 0.3) is 0 Å². The second kappa shape index (κ2) is 6.92. The fraction of sp³-hybridized carbons (Fsp3) is 0.556. The monoisotopic (exact) mass is 345 g/mol. The minimum atomic E-state index is 0.255. The van der Waals surface area contributed by atoms with Gasteiger partial charge in [-0.05, 0) is 37.4 Å². The van der Waals surface area contributed by atoms with Gasteiger partial charge in [0, 0.05) is 25.0 Å². The van der Waals surface area contributed by atoms with Crippen LogP contribution in [-0.2, 0) is 0 Å². The summed E-state index contributed by atoms with van der Waals surface area (Å²) in [5.41, 5.74) is 7.20. The van der Waals surface area contributed by atoms with E-state index in [4.69, 9.17) is 20.2 Å². The standard InChI is InChI=1S/C18H27N5O2/c1-18(5-7-20-8-6-18)11-23(2)17-21-13-10-15(25-4)14(24-3)9-12(13)16(19)22-17/h9-10,20H,5-8,11H2,1-4H3,(H2,19,21,22). The molecule has 136 valence electrons. The molecule has 3 rings (SSSR count). The molecule has 1 saturated heterocycles. The van der Waals surface area contributed by atoms with Crippen molar-refractivity contribution in [2.75, 3.05) is 51.5 Å². The minimum absolute atomic E-state index is 0.255. The van der Waals surface area contributed by atoms with E-state index in [1.165, 1.54) is 0 Å². The SMILES string of the molecule is COc1cc2nc(N(C)CC3(C)CCNCC3)nc(N)c2cc1OC. The van der Waals surface area contributed by atoms with Crippen molar-refractivity contribution in [2.45, 2.75) is 19.8 Å². The van der Waals surface area contributed by atoms with Crippen LogP contribution in [0.5, 0.6) is 11.5 Å². The molecule has 1 aliphatic rings. The molecule has 1 aliphatic heterocycles. The first kappa shape index (κ1) is 17.5. The van der Waals surface area contributed by atoms with E-state index >= 15 is 0 Å². The van der Waals surface area contributed by atoms with Crippen molar-refractivity contribution in [3.8, 4) is 11.5 Å². The predicted octanol–water partition coefficient (Wildman–Crippen LogP) is 2.06. The van der Waals surface area contributed by atoms with Gasteiger partial charge in [-0.25, -0.2) is 4.98 Å². The summed E-state index contributed by atoms with van der Waals surface area (Å²) < 4.78 is 10.7. The van der Waals surface area contributed by atoms with Crippen molar-refractivity contribution in [3.63, 3.8) is 0 Å². The van der Waals surface area contributed by atoms with Crippen LogP contribution in [0, 0.1) is 5.41 Å². The number of nitrogen functional groups attached to an aromatic ring is 1. The van der Waals surface area contributed by atoms with E-state index in [2.05, 4.69) is 22.1 Å². The highest BCUT2D eigenvalue weighted by Crippen LogP contribution is 2.35. The minimum Gasteiger partial charge on any atom is -0.493 e. The van der Waals surface area contributed by atoms with Crippen molar-refractivity contribution in [1.29, 1.82) is 0 Å². The number of nitrogens with two attached hydrogens (primary N) is 1. The average Bonchev–Trinajstić information content (AvgIpc) is 2.60. The molecular formula is C18H27N5O2. The maximum absolute atomic E-state index is 6.19. The second-order valence-electron chi connectivity index (χ2n) is 7.05. The molecule has 2 heterocycles.